The van der Waals surface area contributed by atoms with Gasteiger partial charge in [-0.25, -0.2) is 4.68 Å². The molecule has 1 aromatic carbocycles. The second-order valence-electron chi connectivity index (χ2n) is 8.28. The Kier molecular flexibility index (Phi) is 4.85. The van der Waals surface area contributed by atoms with Gasteiger partial charge in [0.25, 0.3) is 11.8 Å². The highest BCUT2D eigenvalue weighted by Crippen LogP contribution is 2.39. The summed E-state index contributed by atoms with van der Waals surface area (Å²) >= 11 is 1.39. The zero-order chi connectivity index (χ0) is 22.6. The number of aryl methyl sites for hydroxylation is 2. The maximum Gasteiger partial charge on any atom is 0.257 e. The van der Waals surface area contributed by atoms with E-state index in [-0.39, 0.29) is 24.3 Å². The minimum absolute atomic E-state index is 0.0468. The largest absolute Gasteiger partial charge is 0.333 e. The second-order valence-corrected chi connectivity index (χ2v) is 9.39. The molecule has 0 fully saturated rings. The molecule has 5 rings (SSSR count). The lowest BCUT2D eigenvalue weighted by atomic mass is 10.0. The minimum Gasteiger partial charge on any atom is -0.333 e. The maximum absolute atomic E-state index is 13.3. The molecule has 0 saturated carbocycles. The maximum atomic E-state index is 13.3. The summed E-state index contributed by atoms with van der Waals surface area (Å²) in [6.07, 6.45) is 0.583. The highest BCUT2D eigenvalue weighted by Gasteiger charge is 2.34. The highest BCUT2D eigenvalue weighted by atomic mass is 32.1. The molecule has 0 bridgehead atoms. The average Bonchev–Trinajstić information content (AvgIpc) is 3.27. The van der Waals surface area contributed by atoms with E-state index < -0.39 is 0 Å². The molecule has 3 amide bonds. The van der Waals surface area contributed by atoms with Crippen molar-refractivity contribution in [3.63, 3.8) is 0 Å². The SMILES string of the molecule is Cc1cc(C)n(-c2cccc(C(=O)N3CCc4c(sc5c4C(=O)N(C)CC(=O)N5)C3)c2)n1. The summed E-state index contributed by atoms with van der Waals surface area (Å²) in [7, 11) is 1.63. The van der Waals surface area contributed by atoms with E-state index in [0.717, 1.165) is 27.5 Å². The molecule has 0 radical (unpaired) electrons. The lowest BCUT2D eigenvalue weighted by molar-refractivity contribution is -0.116. The zero-order valence-corrected chi connectivity index (χ0v) is 19.0. The predicted molar refractivity (Wildman–Crippen MR) is 121 cm³/mol. The molecular weight excluding hydrogens is 426 g/mol. The number of fused-ring (bicyclic) bond motifs is 3. The van der Waals surface area contributed by atoms with Crippen molar-refractivity contribution >= 4 is 34.1 Å². The van der Waals surface area contributed by atoms with Crippen molar-refractivity contribution in [2.24, 2.45) is 0 Å². The van der Waals surface area contributed by atoms with Gasteiger partial charge in [-0.1, -0.05) is 6.07 Å². The van der Waals surface area contributed by atoms with Gasteiger partial charge in [0.15, 0.2) is 0 Å². The predicted octanol–water partition coefficient (Wildman–Crippen LogP) is 2.77. The number of hydrogen-bond acceptors (Lipinski definition) is 5. The Labute approximate surface area is 189 Å². The first-order valence-electron chi connectivity index (χ1n) is 10.4. The van der Waals surface area contributed by atoms with E-state index in [1.165, 1.54) is 16.2 Å². The molecule has 164 valence electrons. The Morgan fingerprint density at radius 1 is 1.16 bits per heavy atom. The van der Waals surface area contributed by atoms with E-state index in [2.05, 4.69) is 10.4 Å². The summed E-state index contributed by atoms with van der Waals surface area (Å²) in [5.74, 6) is -0.407. The third-order valence-electron chi connectivity index (χ3n) is 5.89. The fraction of sp³-hybridized carbons (Fsp3) is 0.304. The van der Waals surface area contributed by atoms with E-state index >= 15 is 0 Å². The van der Waals surface area contributed by atoms with Gasteiger partial charge in [-0.05, 0) is 50.1 Å². The number of nitrogens with zero attached hydrogens (tertiary/aromatic N) is 4. The third kappa shape index (κ3) is 3.38. The lowest BCUT2D eigenvalue weighted by Crippen LogP contribution is -2.36. The van der Waals surface area contributed by atoms with Crippen molar-refractivity contribution in [3.05, 3.63) is 63.3 Å². The number of likely N-dealkylation sites (N-methyl/N-ethyl adjacent to an activating group) is 1. The number of carbonyl (C=O) groups is 3. The van der Waals surface area contributed by atoms with Crippen LogP contribution in [0.1, 0.15) is 42.5 Å². The van der Waals surface area contributed by atoms with Crippen molar-refractivity contribution < 1.29 is 14.4 Å². The van der Waals surface area contributed by atoms with Crippen molar-refractivity contribution in [2.75, 3.05) is 25.5 Å². The van der Waals surface area contributed by atoms with Gasteiger partial charge >= 0.3 is 0 Å². The zero-order valence-electron chi connectivity index (χ0n) is 18.1. The van der Waals surface area contributed by atoms with E-state index in [4.69, 9.17) is 0 Å². The molecular formula is C23H23N5O3S. The Bertz CT molecular complexity index is 1270. The fourth-order valence-corrected chi connectivity index (χ4v) is 5.65. The van der Waals surface area contributed by atoms with Crippen LogP contribution in [0, 0.1) is 13.8 Å². The summed E-state index contributed by atoms with van der Waals surface area (Å²) in [5, 5.41) is 7.96. The lowest BCUT2D eigenvalue weighted by Gasteiger charge is -2.28. The second kappa shape index (κ2) is 7.59. The summed E-state index contributed by atoms with van der Waals surface area (Å²) in [4.78, 5) is 42.4. The Morgan fingerprint density at radius 2 is 1.97 bits per heavy atom. The van der Waals surface area contributed by atoms with Gasteiger partial charge in [-0.15, -0.1) is 11.3 Å². The van der Waals surface area contributed by atoms with Gasteiger partial charge in [0.05, 0.1) is 30.0 Å². The number of thiophene rings is 1. The first kappa shape index (κ1) is 20.4. The quantitative estimate of drug-likeness (QED) is 0.652. The Hall–Kier alpha value is -3.46. The number of rotatable bonds is 2. The minimum atomic E-state index is -0.202. The van der Waals surface area contributed by atoms with Crippen LogP contribution >= 0.6 is 11.3 Å². The molecule has 2 aliphatic heterocycles. The summed E-state index contributed by atoms with van der Waals surface area (Å²) in [6, 6.07) is 9.48. The third-order valence-corrected chi connectivity index (χ3v) is 7.02. The molecule has 0 saturated heterocycles. The average molecular weight is 450 g/mol. The monoisotopic (exact) mass is 449 g/mol. The van der Waals surface area contributed by atoms with Crippen LogP contribution in [0.2, 0.25) is 0 Å². The van der Waals surface area contributed by atoms with Crippen molar-refractivity contribution in [1.29, 1.82) is 0 Å². The van der Waals surface area contributed by atoms with Crippen LogP contribution in [-0.4, -0.2) is 57.4 Å². The normalized spacial score (nSPS) is 15.8. The van der Waals surface area contributed by atoms with Crippen LogP contribution in [0.5, 0.6) is 0 Å². The van der Waals surface area contributed by atoms with E-state index in [1.807, 2.05) is 48.9 Å². The van der Waals surface area contributed by atoms with Crippen molar-refractivity contribution in [1.82, 2.24) is 19.6 Å². The van der Waals surface area contributed by atoms with Crippen LogP contribution in [0.3, 0.4) is 0 Å². The van der Waals surface area contributed by atoms with Crippen LogP contribution in [-0.2, 0) is 17.8 Å². The van der Waals surface area contributed by atoms with Gasteiger partial charge in [0.2, 0.25) is 5.91 Å². The van der Waals surface area contributed by atoms with Crippen LogP contribution < -0.4 is 5.32 Å². The van der Waals surface area contributed by atoms with Gasteiger partial charge in [-0.3, -0.25) is 14.4 Å². The number of benzene rings is 1. The number of nitrogens with one attached hydrogen (secondary N) is 1. The van der Waals surface area contributed by atoms with Crippen molar-refractivity contribution in [2.45, 2.75) is 26.8 Å². The molecule has 0 spiro atoms. The van der Waals surface area contributed by atoms with E-state index in [9.17, 15) is 14.4 Å². The molecule has 0 atom stereocenters. The summed E-state index contributed by atoms with van der Waals surface area (Å²) in [6.45, 7) is 4.91. The van der Waals surface area contributed by atoms with Gasteiger partial charge in [0.1, 0.15) is 5.00 Å². The molecule has 2 aliphatic rings. The van der Waals surface area contributed by atoms with Crippen LogP contribution in [0.15, 0.2) is 30.3 Å². The summed E-state index contributed by atoms with van der Waals surface area (Å²) in [5.41, 5.74) is 4.90. The molecule has 3 aromatic rings. The smallest absolute Gasteiger partial charge is 0.257 e. The molecule has 0 aliphatic carbocycles. The molecule has 9 heteroatoms. The number of hydrogen-bond donors (Lipinski definition) is 1. The number of aromatic nitrogens is 2. The number of amides is 3. The molecule has 8 nitrogen and oxygen atoms in total. The Morgan fingerprint density at radius 3 is 2.72 bits per heavy atom. The van der Waals surface area contributed by atoms with Crippen LogP contribution in [0.4, 0.5) is 5.00 Å². The fourth-order valence-electron chi connectivity index (χ4n) is 4.38. The number of carbonyl (C=O) groups excluding carboxylic acids is 3. The van der Waals surface area contributed by atoms with Gasteiger partial charge in [0, 0.05) is 29.7 Å². The molecule has 0 unspecified atom stereocenters. The molecule has 4 heterocycles. The standard InChI is InChI=1S/C23H23N5O3S/c1-13-9-14(2)28(25-13)16-6-4-5-15(10-16)22(30)27-8-7-17-18(11-27)32-21-20(17)23(31)26(3)12-19(29)24-21/h4-6,9-10H,7-8,11-12H2,1-3H3,(H,24,29). The topological polar surface area (TPSA) is 87.5 Å². The van der Waals surface area contributed by atoms with Crippen LogP contribution in [0.25, 0.3) is 5.69 Å². The van der Waals surface area contributed by atoms with Gasteiger partial charge < -0.3 is 15.1 Å². The van der Waals surface area contributed by atoms with E-state index in [1.54, 1.807) is 11.9 Å². The van der Waals surface area contributed by atoms with Gasteiger partial charge in [-0.2, -0.15) is 5.10 Å². The first-order chi connectivity index (χ1) is 15.3. The summed E-state index contributed by atoms with van der Waals surface area (Å²) < 4.78 is 1.83. The molecule has 32 heavy (non-hydrogen) atoms. The molecule has 1 N–H and O–H groups in total. The molecule has 2 aromatic heterocycles. The highest BCUT2D eigenvalue weighted by molar-refractivity contribution is 7.17. The number of anilines is 1. The van der Waals surface area contributed by atoms with Crippen molar-refractivity contribution in [3.8, 4) is 5.69 Å². The van der Waals surface area contributed by atoms with E-state index in [0.29, 0.717) is 35.6 Å². The Balaban J connectivity index is 1.42. The first-order valence-corrected chi connectivity index (χ1v) is 11.3.